The first-order valence-electron chi connectivity index (χ1n) is 7.94. The number of aromatic nitrogens is 4. The first kappa shape index (κ1) is 18.8. The van der Waals surface area contributed by atoms with Gasteiger partial charge in [0.15, 0.2) is 5.82 Å². The van der Waals surface area contributed by atoms with E-state index in [1.165, 1.54) is 12.1 Å². The molecular weight excluding hydrogens is 469 g/mol. The van der Waals surface area contributed by atoms with Gasteiger partial charge in [0, 0.05) is 12.4 Å². The van der Waals surface area contributed by atoms with E-state index in [2.05, 4.69) is 47.4 Å². The van der Waals surface area contributed by atoms with Crippen LogP contribution < -0.4 is 5.32 Å². The second-order valence-electron chi connectivity index (χ2n) is 5.70. The summed E-state index contributed by atoms with van der Waals surface area (Å²) in [4.78, 5) is 12.6. The van der Waals surface area contributed by atoms with Gasteiger partial charge in [-0.1, -0.05) is 19.1 Å². The van der Waals surface area contributed by atoms with Gasteiger partial charge in [0.05, 0.1) is 21.7 Å². The van der Waals surface area contributed by atoms with E-state index in [4.69, 9.17) is 0 Å². The van der Waals surface area contributed by atoms with E-state index in [9.17, 15) is 9.18 Å². The first-order chi connectivity index (χ1) is 12.5. The van der Waals surface area contributed by atoms with Crippen LogP contribution in [0, 0.1) is 5.82 Å². The normalized spacial score (nSPS) is 12.2. The van der Waals surface area contributed by atoms with E-state index in [1.807, 2.05) is 6.92 Å². The van der Waals surface area contributed by atoms with Crippen LogP contribution in [0.1, 0.15) is 24.9 Å². The highest BCUT2D eigenvalue weighted by atomic mass is 79.9. The molecule has 6 nitrogen and oxygen atoms in total. The molecule has 1 aromatic carbocycles. The number of amides is 1. The molecule has 2 aromatic heterocycles. The third-order valence-corrected chi connectivity index (χ3v) is 4.78. The summed E-state index contributed by atoms with van der Waals surface area (Å²) in [6.45, 7) is 2.39. The number of benzene rings is 1. The Bertz CT molecular complexity index is 906. The fourth-order valence-corrected chi connectivity index (χ4v) is 3.23. The average molecular weight is 485 g/mol. The van der Waals surface area contributed by atoms with Crippen molar-refractivity contribution >= 4 is 43.6 Å². The van der Waals surface area contributed by atoms with Gasteiger partial charge in [-0.2, -0.15) is 10.2 Å². The smallest absolute Gasteiger partial charge is 0.250 e. The Balaban J connectivity index is 1.72. The second kappa shape index (κ2) is 8.13. The highest BCUT2D eigenvalue weighted by molar-refractivity contribution is 9.10. The molecule has 0 saturated heterocycles. The predicted octanol–water partition coefficient (Wildman–Crippen LogP) is 4.38. The van der Waals surface area contributed by atoms with Gasteiger partial charge >= 0.3 is 0 Å². The molecule has 1 amide bonds. The summed E-state index contributed by atoms with van der Waals surface area (Å²) in [7, 11) is 0. The Hall–Kier alpha value is -2.00. The standard InChI is InChI=1S/C17H16Br2FN5O/c1-2-15(25-9-12(18)7-21-25)17(26)22-16-14(19)10-24(23-16)8-11-3-5-13(20)6-4-11/h3-7,9-10,15H,2,8H2,1H3,(H,22,23,26). The highest BCUT2D eigenvalue weighted by Gasteiger charge is 2.21. The molecule has 26 heavy (non-hydrogen) atoms. The van der Waals surface area contributed by atoms with Gasteiger partial charge in [-0.25, -0.2) is 4.39 Å². The zero-order chi connectivity index (χ0) is 18.7. The van der Waals surface area contributed by atoms with Crippen molar-refractivity contribution in [2.24, 2.45) is 0 Å². The van der Waals surface area contributed by atoms with Gasteiger partial charge in [0.2, 0.25) is 5.91 Å². The maximum Gasteiger partial charge on any atom is 0.250 e. The first-order valence-corrected chi connectivity index (χ1v) is 9.52. The number of hydrogen-bond donors (Lipinski definition) is 1. The Labute approximate surface area is 166 Å². The molecule has 0 aliphatic rings. The van der Waals surface area contributed by atoms with Crippen molar-refractivity contribution in [3.8, 4) is 0 Å². The number of nitrogens with zero attached hydrogens (tertiary/aromatic N) is 4. The number of nitrogens with one attached hydrogen (secondary N) is 1. The lowest BCUT2D eigenvalue weighted by molar-refractivity contribution is -0.119. The van der Waals surface area contributed by atoms with E-state index >= 15 is 0 Å². The third kappa shape index (κ3) is 4.39. The molecule has 0 bridgehead atoms. The van der Waals surface area contributed by atoms with Crippen molar-refractivity contribution < 1.29 is 9.18 Å². The highest BCUT2D eigenvalue weighted by Crippen LogP contribution is 2.23. The summed E-state index contributed by atoms with van der Waals surface area (Å²) >= 11 is 6.75. The molecule has 1 N–H and O–H groups in total. The second-order valence-corrected chi connectivity index (χ2v) is 7.47. The molecule has 3 rings (SSSR count). The fraction of sp³-hybridized carbons (Fsp3) is 0.235. The van der Waals surface area contributed by atoms with Crippen molar-refractivity contribution in [1.29, 1.82) is 0 Å². The van der Waals surface area contributed by atoms with Crippen molar-refractivity contribution in [3.63, 3.8) is 0 Å². The molecule has 0 radical (unpaired) electrons. The average Bonchev–Trinajstić information content (AvgIpc) is 3.17. The molecular formula is C17H16Br2FN5O. The van der Waals surface area contributed by atoms with Crippen molar-refractivity contribution in [3.05, 3.63) is 63.2 Å². The number of halogens is 3. The van der Waals surface area contributed by atoms with Crippen LogP contribution in [0.3, 0.4) is 0 Å². The fourth-order valence-electron chi connectivity index (χ4n) is 2.52. The minimum Gasteiger partial charge on any atom is -0.306 e. The topological polar surface area (TPSA) is 64.7 Å². The summed E-state index contributed by atoms with van der Waals surface area (Å²) in [5.74, 6) is -0.0446. The molecule has 3 aromatic rings. The minimum absolute atomic E-state index is 0.198. The third-order valence-electron chi connectivity index (χ3n) is 3.80. The minimum atomic E-state index is -0.435. The Morgan fingerprint density at radius 3 is 2.62 bits per heavy atom. The van der Waals surface area contributed by atoms with Crippen LogP contribution in [0.5, 0.6) is 0 Å². The van der Waals surface area contributed by atoms with Crippen LogP contribution in [-0.2, 0) is 11.3 Å². The lowest BCUT2D eigenvalue weighted by Gasteiger charge is -2.14. The molecule has 1 unspecified atom stereocenters. The zero-order valence-corrected chi connectivity index (χ0v) is 17.0. The van der Waals surface area contributed by atoms with E-state index in [0.717, 1.165) is 10.0 Å². The molecule has 0 aliphatic heterocycles. The number of rotatable bonds is 6. The number of carbonyl (C=O) groups excluding carboxylic acids is 1. The summed E-state index contributed by atoms with van der Waals surface area (Å²) in [6.07, 6.45) is 5.76. The van der Waals surface area contributed by atoms with Gasteiger partial charge < -0.3 is 5.32 Å². The summed E-state index contributed by atoms with van der Waals surface area (Å²) in [5, 5.41) is 11.4. The number of anilines is 1. The predicted molar refractivity (Wildman–Crippen MR) is 103 cm³/mol. The molecule has 0 saturated carbocycles. The summed E-state index contributed by atoms with van der Waals surface area (Å²) in [6, 6.07) is 5.78. The molecule has 136 valence electrons. The van der Waals surface area contributed by atoms with E-state index in [1.54, 1.807) is 40.1 Å². The van der Waals surface area contributed by atoms with Crippen molar-refractivity contribution in [1.82, 2.24) is 19.6 Å². The summed E-state index contributed by atoms with van der Waals surface area (Å²) < 4.78 is 17.8. The van der Waals surface area contributed by atoms with Gasteiger partial charge in [-0.05, 0) is 56.0 Å². The SMILES string of the molecule is CCC(C(=O)Nc1nn(Cc2ccc(F)cc2)cc1Br)n1cc(Br)cn1. The van der Waals surface area contributed by atoms with Crippen molar-refractivity contribution in [2.45, 2.75) is 25.9 Å². The monoisotopic (exact) mass is 483 g/mol. The lowest BCUT2D eigenvalue weighted by Crippen LogP contribution is -2.26. The van der Waals surface area contributed by atoms with Crippen LogP contribution in [0.4, 0.5) is 10.2 Å². The molecule has 2 heterocycles. The maximum absolute atomic E-state index is 13.0. The number of hydrogen-bond acceptors (Lipinski definition) is 3. The van der Waals surface area contributed by atoms with E-state index < -0.39 is 6.04 Å². The van der Waals surface area contributed by atoms with E-state index in [-0.39, 0.29) is 11.7 Å². The van der Waals surface area contributed by atoms with Crippen LogP contribution in [-0.4, -0.2) is 25.5 Å². The van der Waals surface area contributed by atoms with Crippen LogP contribution >= 0.6 is 31.9 Å². The van der Waals surface area contributed by atoms with Gasteiger partial charge in [-0.15, -0.1) is 0 Å². The van der Waals surface area contributed by atoms with Gasteiger partial charge in [0.1, 0.15) is 11.9 Å². The number of carbonyl (C=O) groups is 1. The van der Waals surface area contributed by atoms with Crippen LogP contribution in [0.15, 0.2) is 51.8 Å². The molecule has 0 fully saturated rings. The van der Waals surface area contributed by atoms with Crippen molar-refractivity contribution in [2.75, 3.05) is 5.32 Å². The molecule has 0 aliphatic carbocycles. The van der Waals surface area contributed by atoms with Crippen LogP contribution in [0.25, 0.3) is 0 Å². The summed E-state index contributed by atoms with van der Waals surface area (Å²) in [5.41, 5.74) is 0.909. The Morgan fingerprint density at radius 1 is 1.27 bits per heavy atom. The van der Waals surface area contributed by atoms with E-state index in [0.29, 0.717) is 23.3 Å². The Kier molecular flexibility index (Phi) is 5.87. The van der Waals surface area contributed by atoms with Crippen LogP contribution in [0.2, 0.25) is 0 Å². The van der Waals surface area contributed by atoms with Gasteiger partial charge in [0.25, 0.3) is 0 Å². The zero-order valence-electron chi connectivity index (χ0n) is 13.9. The Morgan fingerprint density at radius 2 is 2.00 bits per heavy atom. The lowest BCUT2D eigenvalue weighted by atomic mass is 10.2. The quantitative estimate of drug-likeness (QED) is 0.564. The molecule has 1 atom stereocenters. The van der Waals surface area contributed by atoms with Gasteiger partial charge in [-0.3, -0.25) is 14.2 Å². The maximum atomic E-state index is 13.0. The largest absolute Gasteiger partial charge is 0.306 e. The molecule has 0 spiro atoms. The molecule has 9 heteroatoms.